The van der Waals surface area contributed by atoms with Crippen LogP contribution in [0.25, 0.3) is 5.76 Å². The van der Waals surface area contributed by atoms with Gasteiger partial charge in [-0.2, -0.15) is 0 Å². The molecule has 3 rings (SSSR count). The summed E-state index contributed by atoms with van der Waals surface area (Å²) in [6.45, 7) is 0.224. The number of ketones is 1. The lowest BCUT2D eigenvalue weighted by Gasteiger charge is -2.25. The van der Waals surface area contributed by atoms with Crippen LogP contribution in [0.3, 0.4) is 0 Å². The van der Waals surface area contributed by atoms with Crippen LogP contribution in [0.2, 0.25) is 0 Å². The summed E-state index contributed by atoms with van der Waals surface area (Å²) in [7, 11) is 1.93. The second kappa shape index (κ2) is 9.84. The number of aliphatic hydroxyl groups excluding tert-OH is 1. The summed E-state index contributed by atoms with van der Waals surface area (Å²) < 4.78 is 36.0. The van der Waals surface area contributed by atoms with E-state index in [1.54, 1.807) is 0 Å². The van der Waals surface area contributed by atoms with Crippen LogP contribution in [0.4, 0.5) is 0 Å². The van der Waals surface area contributed by atoms with E-state index < -0.39 is 33.5 Å². The van der Waals surface area contributed by atoms with Crippen molar-refractivity contribution in [2.24, 2.45) is 0 Å². The fourth-order valence-corrected chi connectivity index (χ4v) is 4.56. The Balaban J connectivity index is 2.16. The number of amides is 1. The van der Waals surface area contributed by atoms with Gasteiger partial charge in [-0.1, -0.05) is 6.07 Å². The fraction of sp³-hybridized carbons (Fsp3) is 0.304. The number of phenols is 1. The van der Waals surface area contributed by atoms with Gasteiger partial charge < -0.3 is 24.6 Å². The molecule has 1 fully saturated rings. The molecule has 0 radical (unpaired) electrons. The Hall–Kier alpha value is -3.41. The molecule has 0 spiro atoms. The highest BCUT2D eigenvalue weighted by atomic mass is 32.2. The van der Waals surface area contributed by atoms with Crippen LogP contribution < -0.4 is 4.74 Å². The maximum atomic E-state index is 13.0. The summed E-state index contributed by atoms with van der Waals surface area (Å²) in [6.07, 6.45) is 0. The molecule has 10 nitrogen and oxygen atoms in total. The van der Waals surface area contributed by atoms with E-state index in [4.69, 9.17) is 9.47 Å². The smallest absolute Gasteiger partial charge is 0.295 e. The molecule has 1 unspecified atom stereocenters. The third-order valence-electron chi connectivity index (χ3n) is 5.50. The number of hydrogen-bond acceptors (Lipinski definition) is 8. The number of Topliss-reactive ketones (excluding diaryl/α,β-unsaturated/α-hetero) is 1. The Kier molecular flexibility index (Phi) is 7.29. The molecule has 1 aliphatic heterocycles. The number of likely N-dealkylation sites (tertiary alicyclic amines) is 1. The average molecular weight is 491 g/mol. The van der Waals surface area contributed by atoms with Gasteiger partial charge in [0.25, 0.3) is 11.7 Å². The summed E-state index contributed by atoms with van der Waals surface area (Å²) in [5, 5.41) is 21.0. The van der Waals surface area contributed by atoms with Crippen LogP contribution >= 0.6 is 0 Å². The molecule has 2 aromatic carbocycles. The normalized spacial score (nSPS) is 18.0. The van der Waals surface area contributed by atoms with Crippen LogP contribution in [0, 0.1) is 0 Å². The van der Waals surface area contributed by atoms with Crippen LogP contribution in [-0.4, -0.2) is 81.0 Å². The number of benzene rings is 2. The number of rotatable bonds is 8. The van der Waals surface area contributed by atoms with Crippen molar-refractivity contribution in [3.8, 4) is 11.5 Å². The molecule has 34 heavy (non-hydrogen) atoms. The zero-order valence-corrected chi connectivity index (χ0v) is 20.0. The third kappa shape index (κ3) is 4.49. The molecule has 0 bridgehead atoms. The Morgan fingerprint density at radius 2 is 1.74 bits per heavy atom. The topological polar surface area (TPSA) is 134 Å². The highest BCUT2D eigenvalue weighted by molar-refractivity contribution is 7.89. The highest BCUT2D eigenvalue weighted by Crippen LogP contribution is 2.41. The van der Waals surface area contributed by atoms with Crippen LogP contribution in [0.15, 0.2) is 52.9 Å². The molecule has 0 aromatic heterocycles. The van der Waals surface area contributed by atoms with Crippen molar-refractivity contribution in [1.29, 1.82) is 0 Å². The van der Waals surface area contributed by atoms with Crippen molar-refractivity contribution in [2.45, 2.75) is 10.9 Å². The predicted octanol–water partition coefficient (Wildman–Crippen LogP) is 1.72. The molecule has 2 N–H and O–H groups in total. The number of hydrogen-bond donors (Lipinski definition) is 2. The van der Waals surface area contributed by atoms with Gasteiger partial charge in [0.1, 0.15) is 5.76 Å². The maximum absolute atomic E-state index is 13.0. The third-order valence-corrected chi connectivity index (χ3v) is 7.33. The van der Waals surface area contributed by atoms with E-state index in [1.807, 2.05) is 0 Å². The van der Waals surface area contributed by atoms with E-state index >= 15 is 0 Å². The molecule has 1 amide bonds. The fourth-order valence-electron chi connectivity index (χ4n) is 3.66. The van der Waals surface area contributed by atoms with E-state index in [1.165, 1.54) is 75.7 Å². The van der Waals surface area contributed by atoms with Crippen molar-refractivity contribution in [2.75, 3.05) is 41.5 Å². The molecule has 1 atom stereocenters. The summed E-state index contributed by atoms with van der Waals surface area (Å²) in [5.74, 6) is -2.16. The van der Waals surface area contributed by atoms with Gasteiger partial charge in [0.2, 0.25) is 10.0 Å². The van der Waals surface area contributed by atoms with Gasteiger partial charge in [-0.25, -0.2) is 12.7 Å². The number of aliphatic hydroxyl groups is 1. The number of carbonyl (C=O) groups is 2. The number of sulfonamides is 1. The lowest BCUT2D eigenvalue weighted by atomic mass is 9.95. The summed E-state index contributed by atoms with van der Waals surface area (Å²) in [5.41, 5.74) is 0.425. The first-order valence-corrected chi connectivity index (χ1v) is 11.7. The second-order valence-electron chi connectivity index (χ2n) is 7.73. The number of nitrogens with zero attached hydrogens (tertiary/aromatic N) is 2. The zero-order chi connectivity index (χ0) is 25.2. The van der Waals surface area contributed by atoms with Gasteiger partial charge in [0.15, 0.2) is 11.5 Å². The first kappa shape index (κ1) is 25.2. The second-order valence-corrected chi connectivity index (χ2v) is 9.88. The molecule has 182 valence electrons. The van der Waals surface area contributed by atoms with Gasteiger partial charge in [0.05, 0.1) is 30.2 Å². The Labute approximate surface area is 197 Å². The molecule has 1 saturated heterocycles. The standard InChI is InChI=1S/C23H26N2O8S/c1-24(2)34(30,31)16-8-5-14(6-9-16)21(27)19-20(15-7-10-17(26)18(13-15)33-4)25(11-12-32-3)23(29)22(19)28/h5-10,13,20,26-27H,11-12H2,1-4H3. The molecule has 2 aromatic rings. The van der Waals surface area contributed by atoms with E-state index in [2.05, 4.69) is 0 Å². The van der Waals surface area contributed by atoms with E-state index in [9.17, 15) is 28.2 Å². The number of phenolic OH excluding ortho intramolecular Hbond substituents is 1. The number of methoxy groups -OCH3 is 2. The minimum Gasteiger partial charge on any atom is -0.507 e. The molecule has 0 aliphatic carbocycles. The molecule has 11 heteroatoms. The average Bonchev–Trinajstić information content (AvgIpc) is 3.07. The van der Waals surface area contributed by atoms with E-state index in [0.717, 1.165) is 4.31 Å². The van der Waals surface area contributed by atoms with Gasteiger partial charge in [-0.3, -0.25) is 9.59 Å². The number of ether oxygens (including phenoxy) is 2. The molecular formula is C23H26N2O8S. The molecule has 1 heterocycles. The first-order chi connectivity index (χ1) is 16.0. The summed E-state index contributed by atoms with van der Waals surface area (Å²) in [6, 6.07) is 8.74. The lowest BCUT2D eigenvalue weighted by molar-refractivity contribution is -0.140. The van der Waals surface area contributed by atoms with Gasteiger partial charge in [-0.05, 0) is 42.0 Å². The van der Waals surface area contributed by atoms with E-state index in [0.29, 0.717) is 5.56 Å². The number of carbonyl (C=O) groups excluding carboxylic acids is 2. The number of aromatic hydroxyl groups is 1. The Bertz CT molecular complexity index is 1240. The van der Waals surface area contributed by atoms with Crippen LogP contribution in [0.1, 0.15) is 17.2 Å². The van der Waals surface area contributed by atoms with Gasteiger partial charge in [0, 0.05) is 33.3 Å². The van der Waals surface area contributed by atoms with Crippen molar-refractivity contribution in [3.05, 3.63) is 59.2 Å². The predicted molar refractivity (Wildman–Crippen MR) is 123 cm³/mol. The van der Waals surface area contributed by atoms with Gasteiger partial charge in [-0.15, -0.1) is 0 Å². The van der Waals surface area contributed by atoms with Gasteiger partial charge >= 0.3 is 0 Å². The molecular weight excluding hydrogens is 464 g/mol. The minimum atomic E-state index is -3.69. The van der Waals surface area contributed by atoms with Crippen molar-refractivity contribution >= 4 is 27.5 Å². The largest absolute Gasteiger partial charge is 0.507 e. The quantitative estimate of drug-likeness (QED) is 0.325. The van der Waals surface area contributed by atoms with E-state index in [-0.39, 0.29) is 40.7 Å². The minimum absolute atomic E-state index is 0.00872. The van der Waals surface area contributed by atoms with Crippen LogP contribution in [-0.2, 0) is 24.3 Å². The van der Waals surface area contributed by atoms with Crippen molar-refractivity contribution in [1.82, 2.24) is 9.21 Å². The SMILES string of the molecule is COCCN1C(=O)C(=O)C(=C(O)c2ccc(S(=O)(=O)N(C)C)cc2)C1c1ccc(O)c(OC)c1. The Morgan fingerprint density at radius 1 is 1.09 bits per heavy atom. The highest BCUT2D eigenvalue weighted by Gasteiger charge is 2.46. The molecule has 0 saturated carbocycles. The van der Waals surface area contributed by atoms with Crippen molar-refractivity contribution in [3.63, 3.8) is 0 Å². The zero-order valence-electron chi connectivity index (χ0n) is 19.2. The van der Waals surface area contributed by atoms with Crippen molar-refractivity contribution < 1.29 is 37.7 Å². The lowest BCUT2D eigenvalue weighted by Crippen LogP contribution is -2.32. The maximum Gasteiger partial charge on any atom is 0.295 e. The monoisotopic (exact) mass is 490 g/mol. The Morgan fingerprint density at radius 3 is 2.29 bits per heavy atom. The van der Waals surface area contributed by atoms with Crippen LogP contribution in [0.5, 0.6) is 11.5 Å². The summed E-state index contributed by atoms with van der Waals surface area (Å²) in [4.78, 5) is 27.1. The summed E-state index contributed by atoms with van der Waals surface area (Å²) >= 11 is 0. The first-order valence-electron chi connectivity index (χ1n) is 10.2. The molecule has 1 aliphatic rings.